The van der Waals surface area contributed by atoms with Crippen LogP contribution >= 0.6 is 0 Å². The molecule has 1 aliphatic heterocycles. The predicted octanol–water partition coefficient (Wildman–Crippen LogP) is 1.98. The van der Waals surface area contributed by atoms with E-state index >= 15 is 0 Å². The Morgan fingerprint density at radius 2 is 2.10 bits per heavy atom. The summed E-state index contributed by atoms with van der Waals surface area (Å²) in [5, 5.41) is 12.3. The Morgan fingerprint density at radius 1 is 1.38 bits per heavy atom. The summed E-state index contributed by atoms with van der Waals surface area (Å²) >= 11 is 0. The normalized spacial score (nSPS) is 25.7. The maximum absolute atomic E-state index is 12.4. The number of amides is 2. The molecule has 6 heteroatoms. The number of nitrogens with one attached hydrogen (secondary N) is 1. The van der Waals surface area contributed by atoms with E-state index in [1.165, 1.54) is 0 Å². The molecule has 1 aliphatic carbocycles. The van der Waals surface area contributed by atoms with E-state index in [-0.39, 0.29) is 18.7 Å². The van der Waals surface area contributed by atoms with Gasteiger partial charge in [-0.1, -0.05) is 6.92 Å². The number of hydrogen-bond acceptors (Lipinski definition) is 4. The molecule has 2 aliphatic rings. The Hall–Kier alpha value is -1.69. The number of anilines is 1. The predicted molar refractivity (Wildman–Crippen MR) is 79.0 cm³/mol. The third-order valence-corrected chi connectivity index (χ3v) is 4.43. The molecule has 3 rings (SSSR count). The first kappa shape index (κ1) is 14.3. The van der Waals surface area contributed by atoms with Crippen molar-refractivity contribution in [3.05, 3.63) is 18.2 Å². The van der Waals surface area contributed by atoms with Gasteiger partial charge in [0.2, 0.25) is 0 Å². The van der Waals surface area contributed by atoms with Crippen LogP contribution in [0, 0.1) is 5.92 Å². The first-order valence-electron chi connectivity index (χ1n) is 7.69. The Kier molecular flexibility index (Phi) is 4.05. The molecule has 0 aromatic carbocycles. The second kappa shape index (κ2) is 5.97. The van der Waals surface area contributed by atoms with Gasteiger partial charge in [0.05, 0.1) is 30.7 Å². The third kappa shape index (κ3) is 3.15. The van der Waals surface area contributed by atoms with Crippen molar-refractivity contribution in [1.29, 1.82) is 0 Å². The molecule has 2 amide bonds. The molecule has 2 fully saturated rings. The van der Waals surface area contributed by atoms with Crippen molar-refractivity contribution in [3.8, 4) is 0 Å². The topological polar surface area (TPSA) is 78.4 Å². The lowest BCUT2D eigenvalue weighted by atomic mass is 9.91. The van der Waals surface area contributed by atoms with Crippen LogP contribution in [-0.4, -0.2) is 45.2 Å². The first-order chi connectivity index (χ1) is 10.2. The molecule has 1 aromatic heterocycles. The van der Waals surface area contributed by atoms with Gasteiger partial charge in [-0.15, -0.1) is 0 Å². The highest BCUT2D eigenvalue weighted by Crippen LogP contribution is 2.37. The Bertz CT molecular complexity index is 501. The van der Waals surface area contributed by atoms with Gasteiger partial charge < -0.3 is 15.3 Å². The Morgan fingerprint density at radius 3 is 2.71 bits per heavy atom. The van der Waals surface area contributed by atoms with E-state index in [9.17, 15) is 9.90 Å². The van der Waals surface area contributed by atoms with Gasteiger partial charge in [-0.05, 0) is 31.6 Å². The largest absolute Gasteiger partial charge is 0.394 e. The highest BCUT2D eigenvalue weighted by atomic mass is 16.3. The van der Waals surface area contributed by atoms with E-state index in [1.54, 1.807) is 17.3 Å². The zero-order valence-corrected chi connectivity index (χ0v) is 12.3. The molecule has 21 heavy (non-hydrogen) atoms. The van der Waals surface area contributed by atoms with Crippen LogP contribution in [0.25, 0.3) is 0 Å². The van der Waals surface area contributed by atoms with Crippen molar-refractivity contribution in [2.75, 3.05) is 18.5 Å². The lowest BCUT2D eigenvalue weighted by molar-refractivity contribution is 0.0811. The minimum atomic E-state index is -0.177. The van der Waals surface area contributed by atoms with Gasteiger partial charge >= 0.3 is 6.03 Å². The monoisotopic (exact) mass is 290 g/mol. The number of carbonyl (C=O) groups is 1. The Labute approximate surface area is 124 Å². The molecule has 0 bridgehead atoms. The molecule has 1 saturated carbocycles. The number of urea groups is 1. The standard InChI is InChI=1S/C15H22N4O2/c1-10-3-2-6-19(13(10)9-20)15(21)18-12-7-16-14(17-8-12)11-4-5-11/h7-8,10-11,13,20H,2-6,9H2,1H3,(H,18,21). The molecule has 0 spiro atoms. The molecule has 0 radical (unpaired) electrons. The number of aliphatic hydroxyl groups excluding tert-OH is 1. The quantitative estimate of drug-likeness (QED) is 0.892. The molecule has 1 aromatic rings. The fourth-order valence-corrected chi connectivity index (χ4v) is 2.93. The second-order valence-corrected chi connectivity index (χ2v) is 6.10. The van der Waals surface area contributed by atoms with Crippen LogP contribution in [0.5, 0.6) is 0 Å². The molecule has 114 valence electrons. The van der Waals surface area contributed by atoms with Crippen LogP contribution in [0.15, 0.2) is 12.4 Å². The maximum atomic E-state index is 12.4. The summed E-state index contributed by atoms with van der Waals surface area (Å²) in [5.74, 6) is 1.70. The zero-order chi connectivity index (χ0) is 14.8. The van der Waals surface area contributed by atoms with Crippen LogP contribution in [0.2, 0.25) is 0 Å². The number of rotatable bonds is 3. The summed E-state index contributed by atoms with van der Waals surface area (Å²) in [6.45, 7) is 2.77. The fourth-order valence-electron chi connectivity index (χ4n) is 2.93. The van der Waals surface area contributed by atoms with E-state index in [1.807, 2.05) is 0 Å². The fraction of sp³-hybridized carbons (Fsp3) is 0.667. The number of piperidine rings is 1. The van der Waals surface area contributed by atoms with E-state index < -0.39 is 0 Å². The van der Waals surface area contributed by atoms with Crippen LogP contribution in [0.4, 0.5) is 10.5 Å². The van der Waals surface area contributed by atoms with Crippen LogP contribution < -0.4 is 5.32 Å². The summed E-state index contributed by atoms with van der Waals surface area (Å²) in [6.07, 6.45) is 7.68. The van der Waals surface area contributed by atoms with Crippen molar-refractivity contribution in [1.82, 2.24) is 14.9 Å². The first-order valence-corrected chi connectivity index (χ1v) is 7.69. The highest BCUT2D eigenvalue weighted by Gasteiger charge is 2.31. The maximum Gasteiger partial charge on any atom is 0.322 e. The van der Waals surface area contributed by atoms with Crippen molar-refractivity contribution in [2.45, 2.75) is 44.6 Å². The summed E-state index contributed by atoms with van der Waals surface area (Å²) in [4.78, 5) is 22.7. The summed E-state index contributed by atoms with van der Waals surface area (Å²) < 4.78 is 0. The van der Waals surface area contributed by atoms with E-state index in [0.29, 0.717) is 24.1 Å². The van der Waals surface area contributed by atoms with Crippen molar-refractivity contribution in [3.63, 3.8) is 0 Å². The van der Waals surface area contributed by atoms with E-state index in [0.717, 1.165) is 31.5 Å². The van der Waals surface area contributed by atoms with Gasteiger partial charge in [0.25, 0.3) is 0 Å². The summed E-state index contributed by atoms with van der Waals surface area (Å²) in [5.41, 5.74) is 0.610. The van der Waals surface area contributed by atoms with Gasteiger partial charge in [0, 0.05) is 12.5 Å². The molecular weight excluding hydrogens is 268 g/mol. The molecule has 2 atom stereocenters. The summed E-state index contributed by atoms with van der Waals surface area (Å²) in [7, 11) is 0. The van der Waals surface area contributed by atoms with Gasteiger partial charge in [0.15, 0.2) is 0 Å². The zero-order valence-electron chi connectivity index (χ0n) is 12.3. The van der Waals surface area contributed by atoms with E-state index in [4.69, 9.17) is 0 Å². The smallest absolute Gasteiger partial charge is 0.322 e. The number of aromatic nitrogens is 2. The van der Waals surface area contributed by atoms with Gasteiger partial charge in [-0.2, -0.15) is 0 Å². The molecule has 2 N–H and O–H groups in total. The molecule has 6 nitrogen and oxygen atoms in total. The van der Waals surface area contributed by atoms with Gasteiger partial charge in [-0.3, -0.25) is 0 Å². The average Bonchev–Trinajstić information content (AvgIpc) is 3.32. The minimum absolute atomic E-state index is 0.00566. The van der Waals surface area contributed by atoms with Gasteiger partial charge in [-0.25, -0.2) is 14.8 Å². The lowest BCUT2D eigenvalue weighted by Crippen LogP contribution is -2.51. The van der Waals surface area contributed by atoms with Crippen molar-refractivity contribution >= 4 is 11.7 Å². The molecular formula is C15H22N4O2. The number of hydrogen-bond donors (Lipinski definition) is 2. The highest BCUT2D eigenvalue weighted by molar-refractivity contribution is 5.89. The summed E-state index contributed by atoms with van der Waals surface area (Å²) in [6, 6.07) is -0.284. The van der Waals surface area contributed by atoms with Crippen LogP contribution in [0.3, 0.4) is 0 Å². The molecule has 1 saturated heterocycles. The third-order valence-electron chi connectivity index (χ3n) is 4.43. The van der Waals surface area contributed by atoms with Crippen LogP contribution in [-0.2, 0) is 0 Å². The number of nitrogens with zero attached hydrogens (tertiary/aromatic N) is 3. The molecule has 2 heterocycles. The SMILES string of the molecule is CC1CCCN(C(=O)Nc2cnc(C3CC3)nc2)C1CO. The minimum Gasteiger partial charge on any atom is -0.394 e. The number of aliphatic hydroxyl groups is 1. The van der Waals surface area contributed by atoms with Gasteiger partial charge in [0.1, 0.15) is 5.82 Å². The number of likely N-dealkylation sites (tertiary alicyclic amines) is 1. The van der Waals surface area contributed by atoms with Crippen LogP contribution in [0.1, 0.15) is 44.3 Å². The van der Waals surface area contributed by atoms with Crippen molar-refractivity contribution < 1.29 is 9.90 Å². The molecule has 2 unspecified atom stereocenters. The van der Waals surface area contributed by atoms with Crippen molar-refractivity contribution in [2.24, 2.45) is 5.92 Å². The second-order valence-electron chi connectivity index (χ2n) is 6.10. The number of carbonyl (C=O) groups excluding carboxylic acids is 1. The average molecular weight is 290 g/mol. The van der Waals surface area contributed by atoms with E-state index in [2.05, 4.69) is 22.2 Å². The lowest BCUT2D eigenvalue weighted by Gasteiger charge is -2.38. The Balaban J connectivity index is 1.64.